The van der Waals surface area contributed by atoms with E-state index in [9.17, 15) is 0 Å². The summed E-state index contributed by atoms with van der Waals surface area (Å²) in [6, 6.07) is 0. The van der Waals surface area contributed by atoms with Crippen LogP contribution in [0.4, 0.5) is 0 Å². The molecule has 0 spiro atoms. The monoisotopic (exact) mass is 239 g/mol. The van der Waals surface area contributed by atoms with Gasteiger partial charge in [-0.25, -0.2) is 4.98 Å². The molecule has 0 atom stereocenters. The molecular formula is C11H21N5O. The van der Waals surface area contributed by atoms with Crippen molar-refractivity contribution in [1.29, 1.82) is 0 Å². The van der Waals surface area contributed by atoms with Crippen molar-refractivity contribution in [2.24, 2.45) is 10.9 Å². The van der Waals surface area contributed by atoms with Crippen LogP contribution in [0.15, 0.2) is 23.9 Å². The number of rotatable bonds is 8. The summed E-state index contributed by atoms with van der Waals surface area (Å²) in [5, 5.41) is 11.6. The van der Waals surface area contributed by atoms with Gasteiger partial charge in [0.1, 0.15) is 0 Å². The largest absolute Gasteiger partial charge is 0.409 e. The van der Waals surface area contributed by atoms with Gasteiger partial charge < -0.3 is 15.5 Å². The number of nitrogens with two attached hydrogens (primary N) is 1. The van der Waals surface area contributed by atoms with Gasteiger partial charge in [-0.15, -0.1) is 0 Å². The number of hydrogen-bond donors (Lipinski definition) is 2. The average molecular weight is 239 g/mol. The van der Waals surface area contributed by atoms with Crippen LogP contribution in [0.5, 0.6) is 0 Å². The molecule has 1 aromatic heterocycles. The molecule has 0 bridgehead atoms. The molecule has 6 nitrogen and oxygen atoms in total. The van der Waals surface area contributed by atoms with Gasteiger partial charge in [0, 0.05) is 25.5 Å². The van der Waals surface area contributed by atoms with Crippen molar-refractivity contribution < 1.29 is 5.21 Å². The zero-order chi connectivity index (χ0) is 12.5. The lowest BCUT2D eigenvalue weighted by atomic mass is 10.3. The Morgan fingerprint density at radius 3 is 2.94 bits per heavy atom. The normalized spacial score (nSPS) is 12.2. The molecule has 0 aromatic carbocycles. The summed E-state index contributed by atoms with van der Waals surface area (Å²) in [4.78, 5) is 6.18. The molecule has 1 heterocycles. The molecule has 1 rings (SSSR count). The quantitative estimate of drug-likeness (QED) is 0.303. The van der Waals surface area contributed by atoms with E-state index in [4.69, 9.17) is 10.9 Å². The van der Waals surface area contributed by atoms with Crippen molar-refractivity contribution in [2.45, 2.75) is 26.3 Å². The van der Waals surface area contributed by atoms with Crippen LogP contribution < -0.4 is 5.73 Å². The van der Waals surface area contributed by atoms with Gasteiger partial charge in [0.05, 0.1) is 12.9 Å². The van der Waals surface area contributed by atoms with Gasteiger partial charge >= 0.3 is 0 Å². The van der Waals surface area contributed by atoms with Crippen molar-refractivity contribution in [1.82, 2.24) is 14.5 Å². The maximum atomic E-state index is 8.55. The minimum atomic E-state index is 0.265. The Morgan fingerprint density at radius 2 is 2.35 bits per heavy atom. The van der Waals surface area contributed by atoms with E-state index >= 15 is 0 Å². The number of hydrogen-bond acceptors (Lipinski definition) is 4. The molecule has 0 saturated heterocycles. The highest BCUT2D eigenvalue weighted by atomic mass is 16.4. The van der Waals surface area contributed by atoms with E-state index in [0.29, 0.717) is 6.54 Å². The van der Waals surface area contributed by atoms with E-state index in [-0.39, 0.29) is 5.84 Å². The van der Waals surface area contributed by atoms with Crippen LogP contribution >= 0.6 is 0 Å². The molecule has 0 aliphatic heterocycles. The van der Waals surface area contributed by atoms with Crippen LogP contribution in [-0.2, 0) is 6.54 Å². The molecule has 0 fully saturated rings. The van der Waals surface area contributed by atoms with Gasteiger partial charge in [0.25, 0.3) is 0 Å². The first-order chi connectivity index (χ1) is 8.26. The Morgan fingerprint density at radius 1 is 1.53 bits per heavy atom. The molecule has 0 saturated carbocycles. The highest BCUT2D eigenvalue weighted by molar-refractivity contribution is 5.81. The Labute approximate surface area is 102 Å². The highest BCUT2D eigenvalue weighted by Crippen LogP contribution is 1.97. The second kappa shape index (κ2) is 7.67. The summed E-state index contributed by atoms with van der Waals surface area (Å²) in [5.41, 5.74) is 5.51. The summed E-state index contributed by atoms with van der Waals surface area (Å²) < 4.78 is 2.05. The first-order valence-corrected chi connectivity index (χ1v) is 5.90. The van der Waals surface area contributed by atoms with Gasteiger partial charge in [-0.3, -0.25) is 4.90 Å². The summed E-state index contributed by atoms with van der Waals surface area (Å²) in [7, 11) is 0. The maximum absolute atomic E-state index is 8.55. The van der Waals surface area contributed by atoms with Gasteiger partial charge in [-0.05, 0) is 19.4 Å². The second-order valence-corrected chi connectivity index (χ2v) is 4.02. The zero-order valence-electron chi connectivity index (χ0n) is 10.3. The predicted octanol–water partition coefficient (Wildman–Crippen LogP) is 0.732. The highest BCUT2D eigenvalue weighted by Gasteiger charge is 2.06. The Hall–Kier alpha value is -1.56. The van der Waals surface area contributed by atoms with Crippen LogP contribution in [0.2, 0.25) is 0 Å². The third-order valence-corrected chi connectivity index (χ3v) is 2.50. The fourth-order valence-corrected chi connectivity index (χ4v) is 1.74. The Bertz CT molecular complexity index is 323. The molecular weight excluding hydrogens is 218 g/mol. The van der Waals surface area contributed by atoms with E-state index < -0.39 is 0 Å². The van der Waals surface area contributed by atoms with Crippen molar-refractivity contribution in [3.8, 4) is 0 Å². The lowest BCUT2D eigenvalue weighted by Crippen LogP contribution is -2.35. The lowest BCUT2D eigenvalue weighted by molar-refractivity contribution is 0.284. The van der Waals surface area contributed by atoms with Crippen molar-refractivity contribution in [3.05, 3.63) is 18.7 Å². The molecule has 0 unspecified atom stereocenters. The first kappa shape index (κ1) is 13.5. The van der Waals surface area contributed by atoms with Gasteiger partial charge in [0.15, 0.2) is 5.84 Å². The summed E-state index contributed by atoms with van der Waals surface area (Å²) >= 11 is 0. The zero-order valence-corrected chi connectivity index (χ0v) is 10.3. The fraction of sp³-hybridized carbons (Fsp3) is 0.636. The fourth-order valence-electron chi connectivity index (χ4n) is 1.74. The topological polar surface area (TPSA) is 79.7 Å². The Balaban J connectivity index is 2.28. The molecule has 0 amide bonds. The third-order valence-electron chi connectivity index (χ3n) is 2.50. The molecule has 0 aliphatic carbocycles. The number of oxime groups is 1. The van der Waals surface area contributed by atoms with Crippen LogP contribution in [0.1, 0.15) is 19.8 Å². The smallest absolute Gasteiger partial charge is 0.153 e. The van der Waals surface area contributed by atoms with Crippen LogP contribution in [0.3, 0.4) is 0 Å². The van der Waals surface area contributed by atoms with Gasteiger partial charge in [-0.1, -0.05) is 12.1 Å². The molecule has 17 heavy (non-hydrogen) atoms. The van der Waals surface area contributed by atoms with E-state index in [1.807, 2.05) is 17.1 Å². The molecule has 3 N–H and O–H groups in total. The molecule has 1 aromatic rings. The second-order valence-electron chi connectivity index (χ2n) is 4.02. The minimum absolute atomic E-state index is 0.265. The molecule has 6 heteroatoms. The van der Waals surface area contributed by atoms with Crippen molar-refractivity contribution in [2.75, 3.05) is 19.6 Å². The molecule has 0 radical (unpaired) electrons. The SMILES string of the molecule is CCCN(CCCn1ccnc1)C/C(N)=N/O. The minimum Gasteiger partial charge on any atom is -0.409 e. The first-order valence-electron chi connectivity index (χ1n) is 5.90. The van der Waals surface area contributed by atoms with Crippen molar-refractivity contribution in [3.63, 3.8) is 0 Å². The average Bonchev–Trinajstić information content (AvgIpc) is 2.82. The number of nitrogens with zero attached hydrogens (tertiary/aromatic N) is 4. The predicted molar refractivity (Wildman–Crippen MR) is 67.0 cm³/mol. The Kier molecular flexibility index (Phi) is 6.09. The number of aryl methyl sites for hydroxylation is 1. The lowest BCUT2D eigenvalue weighted by Gasteiger charge is -2.20. The van der Waals surface area contributed by atoms with Crippen LogP contribution in [-0.4, -0.2) is 45.1 Å². The number of aromatic nitrogens is 2. The van der Waals surface area contributed by atoms with E-state index in [1.54, 1.807) is 6.20 Å². The standard InChI is InChI=1S/C11H21N5O/c1-2-5-15(9-11(12)14-17)6-3-7-16-8-4-13-10-16/h4,8,10,17H,2-3,5-7,9H2,1H3,(H2,12,14). The van der Waals surface area contributed by atoms with E-state index in [2.05, 4.69) is 22.0 Å². The molecule has 0 aliphatic rings. The molecule has 96 valence electrons. The summed E-state index contributed by atoms with van der Waals surface area (Å²) in [5.74, 6) is 0.265. The van der Waals surface area contributed by atoms with Crippen molar-refractivity contribution >= 4 is 5.84 Å². The number of amidine groups is 1. The summed E-state index contributed by atoms with van der Waals surface area (Å²) in [6.07, 6.45) is 7.63. The maximum Gasteiger partial charge on any atom is 0.153 e. The van der Waals surface area contributed by atoms with Gasteiger partial charge in [-0.2, -0.15) is 0 Å². The van der Waals surface area contributed by atoms with Crippen LogP contribution in [0.25, 0.3) is 0 Å². The van der Waals surface area contributed by atoms with E-state index in [0.717, 1.165) is 32.5 Å². The third kappa shape index (κ3) is 5.35. The van der Waals surface area contributed by atoms with Crippen LogP contribution in [0, 0.1) is 0 Å². The van der Waals surface area contributed by atoms with E-state index in [1.165, 1.54) is 0 Å². The number of imidazole rings is 1. The van der Waals surface area contributed by atoms with Gasteiger partial charge in [0.2, 0.25) is 0 Å². The summed E-state index contributed by atoms with van der Waals surface area (Å²) in [6.45, 7) is 5.47.